The molecule has 0 spiro atoms. The molecular weight excluding hydrogens is 373 g/mol. The van der Waals surface area contributed by atoms with Crippen LogP contribution in [0.15, 0.2) is 47.4 Å². The third-order valence-corrected chi connectivity index (χ3v) is 5.03. The number of benzene rings is 2. The van der Waals surface area contributed by atoms with Gasteiger partial charge in [0.15, 0.2) is 0 Å². The number of halogens is 1. The zero-order valence-electron chi connectivity index (χ0n) is 15.0. The summed E-state index contributed by atoms with van der Waals surface area (Å²) < 4.78 is 40.7. The molecule has 2 amide bonds. The molecule has 0 radical (unpaired) electrons. The topological polar surface area (TPSA) is 104 Å². The summed E-state index contributed by atoms with van der Waals surface area (Å²) in [6, 6.07) is 9.27. The SMILES string of the molecule is Cc1ccc(S(=O)(=O)Nc2cccc(C(=O)NNC(=O)C(C)C)c2)cc1F. The molecule has 0 unspecified atom stereocenters. The summed E-state index contributed by atoms with van der Waals surface area (Å²) >= 11 is 0. The summed E-state index contributed by atoms with van der Waals surface area (Å²) in [7, 11) is -4.02. The summed E-state index contributed by atoms with van der Waals surface area (Å²) in [5.74, 6) is -1.90. The molecule has 0 aliphatic heterocycles. The van der Waals surface area contributed by atoms with Gasteiger partial charge in [0, 0.05) is 17.2 Å². The molecule has 3 N–H and O–H groups in total. The summed E-state index contributed by atoms with van der Waals surface area (Å²) in [4.78, 5) is 23.4. The maximum atomic E-state index is 13.6. The molecule has 9 heteroatoms. The maximum absolute atomic E-state index is 13.6. The highest BCUT2D eigenvalue weighted by Crippen LogP contribution is 2.19. The average molecular weight is 393 g/mol. The fourth-order valence-electron chi connectivity index (χ4n) is 2.01. The van der Waals surface area contributed by atoms with Crippen LogP contribution in [0.5, 0.6) is 0 Å². The largest absolute Gasteiger partial charge is 0.280 e. The molecule has 0 aliphatic rings. The van der Waals surface area contributed by atoms with E-state index in [0.29, 0.717) is 5.56 Å². The van der Waals surface area contributed by atoms with Gasteiger partial charge in [0.1, 0.15) is 5.82 Å². The Kier molecular flexibility index (Phi) is 6.17. The number of rotatable bonds is 5. The van der Waals surface area contributed by atoms with Crippen LogP contribution < -0.4 is 15.6 Å². The number of nitrogens with one attached hydrogen (secondary N) is 3. The lowest BCUT2D eigenvalue weighted by Gasteiger charge is -2.11. The number of carbonyl (C=O) groups excluding carboxylic acids is 2. The molecule has 0 saturated carbocycles. The van der Waals surface area contributed by atoms with Crippen LogP contribution in [0.3, 0.4) is 0 Å². The van der Waals surface area contributed by atoms with E-state index in [1.54, 1.807) is 13.8 Å². The third kappa shape index (κ3) is 5.27. The monoisotopic (exact) mass is 393 g/mol. The van der Waals surface area contributed by atoms with Crippen molar-refractivity contribution in [2.24, 2.45) is 5.92 Å². The molecule has 2 aromatic carbocycles. The molecule has 0 aromatic heterocycles. The van der Waals surface area contributed by atoms with Crippen molar-refractivity contribution < 1.29 is 22.4 Å². The van der Waals surface area contributed by atoms with Crippen LogP contribution in [0.25, 0.3) is 0 Å². The summed E-state index contributed by atoms with van der Waals surface area (Å²) in [5.41, 5.74) is 5.10. The lowest BCUT2D eigenvalue weighted by molar-refractivity contribution is -0.124. The minimum absolute atomic E-state index is 0.124. The number of aryl methyl sites for hydroxylation is 1. The van der Waals surface area contributed by atoms with Crippen molar-refractivity contribution >= 4 is 27.5 Å². The van der Waals surface area contributed by atoms with E-state index in [2.05, 4.69) is 15.6 Å². The number of hydrogen-bond acceptors (Lipinski definition) is 4. The quantitative estimate of drug-likeness (QED) is 0.678. The van der Waals surface area contributed by atoms with Crippen molar-refractivity contribution in [3.8, 4) is 0 Å². The fraction of sp³-hybridized carbons (Fsp3) is 0.222. The van der Waals surface area contributed by atoms with Gasteiger partial charge in [-0.1, -0.05) is 26.0 Å². The first-order valence-corrected chi connectivity index (χ1v) is 9.57. The highest BCUT2D eigenvalue weighted by molar-refractivity contribution is 7.92. The van der Waals surface area contributed by atoms with Crippen molar-refractivity contribution in [2.45, 2.75) is 25.7 Å². The van der Waals surface area contributed by atoms with Crippen LogP contribution in [-0.2, 0) is 14.8 Å². The van der Waals surface area contributed by atoms with Crippen LogP contribution >= 0.6 is 0 Å². The molecular formula is C18H20FN3O4S. The van der Waals surface area contributed by atoms with Gasteiger partial charge in [-0.05, 0) is 42.8 Å². The summed E-state index contributed by atoms with van der Waals surface area (Å²) in [6.45, 7) is 4.87. The number of amides is 2. The van der Waals surface area contributed by atoms with E-state index >= 15 is 0 Å². The standard InChI is InChI=1S/C18H20FN3O4S/c1-11(2)17(23)20-21-18(24)13-5-4-6-14(9-13)22-27(25,26)15-8-7-12(3)16(19)10-15/h4-11,22H,1-3H3,(H,20,23)(H,21,24). The van der Waals surface area contributed by atoms with Gasteiger partial charge in [0.25, 0.3) is 15.9 Å². The molecule has 0 fully saturated rings. The number of hydrogen-bond donors (Lipinski definition) is 3. The van der Waals surface area contributed by atoms with E-state index in [1.165, 1.54) is 43.3 Å². The van der Waals surface area contributed by atoms with Crippen LogP contribution in [0.2, 0.25) is 0 Å². The smallest absolute Gasteiger partial charge is 0.269 e. The van der Waals surface area contributed by atoms with Crippen LogP contribution in [0.4, 0.5) is 10.1 Å². The molecule has 0 bridgehead atoms. The molecule has 2 rings (SSSR count). The van der Waals surface area contributed by atoms with Gasteiger partial charge in [-0.2, -0.15) is 0 Å². The first-order valence-electron chi connectivity index (χ1n) is 8.09. The van der Waals surface area contributed by atoms with E-state index in [0.717, 1.165) is 6.07 Å². The second-order valence-corrected chi connectivity index (χ2v) is 7.88. The van der Waals surface area contributed by atoms with Crippen molar-refractivity contribution in [3.63, 3.8) is 0 Å². The Morgan fingerprint density at radius 1 is 1.04 bits per heavy atom. The lowest BCUT2D eigenvalue weighted by atomic mass is 10.2. The molecule has 144 valence electrons. The van der Waals surface area contributed by atoms with Crippen molar-refractivity contribution in [2.75, 3.05) is 4.72 Å². The fourth-order valence-corrected chi connectivity index (χ4v) is 3.07. The molecule has 0 heterocycles. The molecule has 2 aromatic rings. The highest BCUT2D eigenvalue weighted by atomic mass is 32.2. The normalized spacial score (nSPS) is 11.1. The molecule has 7 nitrogen and oxygen atoms in total. The maximum Gasteiger partial charge on any atom is 0.269 e. The van der Waals surface area contributed by atoms with E-state index in [9.17, 15) is 22.4 Å². The first-order chi connectivity index (χ1) is 12.6. The molecule has 0 aliphatic carbocycles. The second-order valence-electron chi connectivity index (χ2n) is 6.20. The Labute approximate surface area is 157 Å². The lowest BCUT2D eigenvalue weighted by Crippen LogP contribution is -2.43. The van der Waals surface area contributed by atoms with E-state index < -0.39 is 21.7 Å². The van der Waals surface area contributed by atoms with Crippen LogP contribution in [-0.4, -0.2) is 20.2 Å². The van der Waals surface area contributed by atoms with Gasteiger partial charge < -0.3 is 0 Å². The molecule has 27 heavy (non-hydrogen) atoms. The predicted molar refractivity (Wildman–Crippen MR) is 98.8 cm³/mol. The summed E-state index contributed by atoms with van der Waals surface area (Å²) in [5, 5.41) is 0. The Morgan fingerprint density at radius 2 is 1.74 bits per heavy atom. The number of anilines is 1. The van der Waals surface area contributed by atoms with Gasteiger partial charge in [-0.25, -0.2) is 12.8 Å². The zero-order valence-corrected chi connectivity index (χ0v) is 15.9. The number of sulfonamides is 1. The molecule has 0 atom stereocenters. The zero-order chi connectivity index (χ0) is 20.2. The summed E-state index contributed by atoms with van der Waals surface area (Å²) in [6.07, 6.45) is 0. The van der Waals surface area contributed by atoms with E-state index in [-0.39, 0.29) is 28.0 Å². The highest BCUT2D eigenvalue weighted by Gasteiger charge is 2.17. The van der Waals surface area contributed by atoms with Gasteiger partial charge in [-0.3, -0.25) is 25.2 Å². The van der Waals surface area contributed by atoms with Gasteiger partial charge in [0.2, 0.25) is 5.91 Å². The minimum Gasteiger partial charge on any atom is -0.280 e. The van der Waals surface area contributed by atoms with Gasteiger partial charge in [0.05, 0.1) is 4.90 Å². The predicted octanol–water partition coefficient (Wildman–Crippen LogP) is 2.35. The van der Waals surface area contributed by atoms with Crippen molar-refractivity contribution in [3.05, 3.63) is 59.4 Å². The van der Waals surface area contributed by atoms with E-state index in [4.69, 9.17) is 0 Å². The van der Waals surface area contributed by atoms with Crippen LogP contribution in [0, 0.1) is 18.7 Å². The Hall–Kier alpha value is -2.94. The Bertz CT molecular complexity index is 974. The minimum atomic E-state index is -4.02. The van der Waals surface area contributed by atoms with E-state index in [1.807, 2.05) is 0 Å². The second kappa shape index (κ2) is 8.17. The van der Waals surface area contributed by atoms with Gasteiger partial charge >= 0.3 is 0 Å². The Morgan fingerprint density at radius 3 is 2.37 bits per heavy atom. The third-order valence-electron chi connectivity index (χ3n) is 3.65. The molecule has 0 saturated heterocycles. The Balaban J connectivity index is 2.16. The van der Waals surface area contributed by atoms with Gasteiger partial charge in [-0.15, -0.1) is 0 Å². The first kappa shape index (κ1) is 20.4. The van der Waals surface area contributed by atoms with Crippen molar-refractivity contribution in [1.82, 2.24) is 10.9 Å². The van der Waals surface area contributed by atoms with Crippen LogP contribution in [0.1, 0.15) is 29.8 Å². The van der Waals surface area contributed by atoms with Crippen molar-refractivity contribution in [1.29, 1.82) is 0 Å². The number of carbonyl (C=O) groups is 2. The average Bonchev–Trinajstić information content (AvgIpc) is 2.61. The number of hydrazine groups is 1.